The highest BCUT2D eigenvalue weighted by molar-refractivity contribution is 6.30. The molecule has 0 atom stereocenters. The quantitative estimate of drug-likeness (QED) is 0.833. The van der Waals surface area contributed by atoms with Gasteiger partial charge in [0.25, 0.3) is 5.91 Å². The molecule has 2 aliphatic heterocycles. The maximum Gasteiger partial charge on any atom is 0.253 e. The van der Waals surface area contributed by atoms with Gasteiger partial charge in [-0.05, 0) is 30.2 Å². The molecule has 0 unspecified atom stereocenters. The van der Waals surface area contributed by atoms with Crippen molar-refractivity contribution in [2.24, 2.45) is 11.1 Å². The predicted octanol–water partition coefficient (Wildman–Crippen LogP) is 3.75. The van der Waals surface area contributed by atoms with Crippen LogP contribution < -0.4 is 0 Å². The van der Waals surface area contributed by atoms with E-state index in [1.807, 2.05) is 4.90 Å². The van der Waals surface area contributed by atoms with E-state index in [0.29, 0.717) is 29.6 Å². The zero-order chi connectivity index (χ0) is 15.7. The number of amides is 1. The number of carbonyl (C=O) groups excluding carboxylic acids is 1. The number of carbonyl (C=O) groups is 1. The number of likely N-dealkylation sites (tertiary alicyclic amines) is 1. The molecule has 3 rings (SSSR count). The van der Waals surface area contributed by atoms with Crippen molar-refractivity contribution < 1.29 is 9.63 Å². The van der Waals surface area contributed by atoms with Crippen molar-refractivity contribution in [1.82, 2.24) is 4.90 Å². The van der Waals surface area contributed by atoms with Crippen LogP contribution in [0, 0.1) is 5.92 Å². The number of hydrogen-bond acceptors (Lipinski definition) is 3. The van der Waals surface area contributed by atoms with E-state index in [2.05, 4.69) is 19.0 Å². The molecule has 0 aliphatic carbocycles. The monoisotopic (exact) mass is 320 g/mol. The minimum Gasteiger partial charge on any atom is -0.389 e. The predicted molar refractivity (Wildman–Crippen MR) is 87.3 cm³/mol. The van der Waals surface area contributed by atoms with Gasteiger partial charge in [-0.15, -0.1) is 0 Å². The van der Waals surface area contributed by atoms with E-state index in [1.165, 1.54) is 0 Å². The van der Waals surface area contributed by atoms with Crippen molar-refractivity contribution in [3.63, 3.8) is 0 Å². The zero-order valence-electron chi connectivity index (χ0n) is 13.0. The Labute approximate surface area is 136 Å². The summed E-state index contributed by atoms with van der Waals surface area (Å²) in [6, 6.07) is 7.06. The van der Waals surface area contributed by atoms with Crippen LogP contribution in [0.1, 0.15) is 43.5 Å². The molecule has 22 heavy (non-hydrogen) atoms. The highest BCUT2D eigenvalue weighted by Gasteiger charge is 2.43. The van der Waals surface area contributed by atoms with Gasteiger partial charge in [0.2, 0.25) is 0 Å². The number of piperidine rings is 1. The van der Waals surface area contributed by atoms with Crippen LogP contribution in [-0.4, -0.2) is 35.2 Å². The summed E-state index contributed by atoms with van der Waals surface area (Å²) in [5, 5.41) is 4.89. The van der Waals surface area contributed by atoms with E-state index in [1.54, 1.807) is 24.3 Å². The van der Waals surface area contributed by atoms with Gasteiger partial charge in [-0.2, -0.15) is 0 Å². The lowest BCUT2D eigenvalue weighted by Gasteiger charge is -2.37. The van der Waals surface area contributed by atoms with Crippen LogP contribution in [0.15, 0.2) is 29.4 Å². The van der Waals surface area contributed by atoms with E-state index in [0.717, 1.165) is 25.0 Å². The van der Waals surface area contributed by atoms with Crippen LogP contribution in [0.5, 0.6) is 0 Å². The third-order valence-electron chi connectivity index (χ3n) is 4.58. The average molecular weight is 321 g/mol. The fourth-order valence-electron chi connectivity index (χ4n) is 3.02. The van der Waals surface area contributed by atoms with Crippen LogP contribution >= 0.6 is 11.6 Å². The molecule has 1 amide bonds. The molecule has 2 heterocycles. The first-order chi connectivity index (χ1) is 10.5. The summed E-state index contributed by atoms with van der Waals surface area (Å²) in [4.78, 5) is 20.1. The molecule has 1 fully saturated rings. The van der Waals surface area contributed by atoms with Crippen molar-refractivity contribution in [3.8, 4) is 0 Å². The van der Waals surface area contributed by atoms with Crippen LogP contribution in [0.2, 0.25) is 5.02 Å². The summed E-state index contributed by atoms with van der Waals surface area (Å²) in [7, 11) is 0. The standard InChI is InChI=1S/C17H21ClN2O2/c1-12(2)15-11-17(22-19-15)7-9-20(10-8-17)16(21)13-3-5-14(18)6-4-13/h3-6,12H,7-11H2,1-2H3. The van der Waals surface area contributed by atoms with Crippen molar-refractivity contribution in [2.75, 3.05) is 13.1 Å². The van der Waals surface area contributed by atoms with Gasteiger partial charge < -0.3 is 9.74 Å². The molecule has 0 saturated carbocycles. The maximum absolute atomic E-state index is 12.5. The number of nitrogens with zero attached hydrogens (tertiary/aromatic N) is 2. The molecule has 0 N–H and O–H groups in total. The maximum atomic E-state index is 12.5. The van der Waals surface area contributed by atoms with Gasteiger partial charge >= 0.3 is 0 Å². The molecule has 0 bridgehead atoms. The third kappa shape index (κ3) is 2.98. The number of rotatable bonds is 2. The second-order valence-electron chi connectivity index (χ2n) is 6.49. The normalized spacial score (nSPS) is 20.2. The first-order valence-corrected chi connectivity index (χ1v) is 8.17. The molecule has 0 aromatic heterocycles. The minimum absolute atomic E-state index is 0.0644. The molecule has 2 aliphatic rings. The van der Waals surface area contributed by atoms with E-state index < -0.39 is 0 Å². The Morgan fingerprint density at radius 3 is 2.45 bits per heavy atom. The van der Waals surface area contributed by atoms with Gasteiger partial charge in [0.05, 0.1) is 5.71 Å². The first-order valence-electron chi connectivity index (χ1n) is 7.79. The fraction of sp³-hybridized carbons (Fsp3) is 0.529. The lowest BCUT2D eigenvalue weighted by molar-refractivity contribution is -0.0568. The molecule has 1 spiro atoms. The zero-order valence-corrected chi connectivity index (χ0v) is 13.8. The van der Waals surface area contributed by atoms with E-state index in [-0.39, 0.29) is 11.5 Å². The van der Waals surface area contributed by atoms with Crippen molar-refractivity contribution in [1.29, 1.82) is 0 Å². The van der Waals surface area contributed by atoms with E-state index in [4.69, 9.17) is 16.4 Å². The number of benzene rings is 1. The summed E-state index contributed by atoms with van der Waals surface area (Å²) in [5.74, 6) is 0.489. The van der Waals surface area contributed by atoms with Gasteiger partial charge in [0.1, 0.15) is 5.60 Å². The van der Waals surface area contributed by atoms with Crippen molar-refractivity contribution >= 4 is 23.2 Å². The van der Waals surface area contributed by atoms with Crippen LogP contribution in [0.4, 0.5) is 0 Å². The SMILES string of the molecule is CC(C)C1=NOC2(CCN(C(=O)c3ccc(Cl)cc3)CC2)C1. The first kappa shape index (κ1) is 15.3. The van der Waals surface area contributed by atoms with Crippen LogP contribution in [-0.2, 0) is 4.84 Å². The lowest BCUT2D eigenvalue weighted by atomic mass is 9.84. The van der Waals surface area contributed by atoms with E-state index >= 15 is 0 Å². The van der Waals surface area contributed by atoms with Gasteiger partial charge in [0, 0.05) is 42.9 Å². The topological polar surface area (TPSA) is 41.9 Å². The molecular weight excluding hydrogens is 300 g/mol. The Bertz CT molecular complexity index is 587. The number of hydrogen-bond donors (Lipinski definition) is 0. The van der Waals surface area contributed by atoms with E-state index in [9.17, 15) is 4.79 Å². The summed E-state index contributed by atoms with van der Waals surface area (Å²) in [6.07, 6.45) is 2.58. The highest BCUT2D eigenvalue weighted by Crippen LogP contribution is 2.36. The summed E-state index contributed by atoms with van der Waals surface area (Å²) in [5.41, 5.74) is 1.64. The summed E-state index contributed by atoms with van der Waals surface area (Å²) in [6.45, 7) is 5.70. The smallest absolute Gasteiger partial charge is 0.253 e. The Hall–Kier alpha value is -1.55. The molecule has 1 saturated heterocycles. The summed E-state index contributed by atoms with van der Waals surface area (Å²) < 4.78 is 0. The van der Waals surface area contributed by atoms with Crippen LogP contribution in [0.25, 0.3) is 0 Å². The van der Waals surface area contributed by atoms with Gasteiger partial charge in [-0.1, -0.05) is 30.6 Å². The molecule has 0 radical (unpaired) electrons. The Kier molecular flexibility index (Phi) is 4.13. The summed E-state index contributed by atoms with van der Waals surface area (Å²) >= 11 is 5.87. The largest absolute Gasteiger partial charge is 0.389 e. The minimum atomic E-state index is -0.184. The second-order valence-corrected chi connectivity index (χ2v) is 6.92. The van der Waals surface area contributed by atoms with Crippen molar-refractivity contribution in [2.45, 2.75) is 38.7 Å². The van der Waals surface area contributed by atoms with Gasteiger partial charge in [0.15, 0.2) is 0 Å². The fourth-order valence-corrected chi connectivity index (χ4v) is 3.15. The second kappa shape index (κ2) is 5.92. The Morgan fingerprint density at radius 1 is 1.27 bits per heavy atom. The van der Waals surface area contributed by atoms with Gasteiger partial charge in [-0.25, -0.2) is 0 Å². The Balaban J connectivity index is 1.60. The number of oxime groups is 1. The molecule has 4 nitrogen and oxygen atoms in total. The van der Waals surface area contributed by atoms with Crippen molar-refractivity contribution in [3.05, 3.63) is 34.9 Å². The molecule has 118 valence electrons. The number of halogens is 1. The van der Waals surface area contributed by atoms with Gasteiger partial charge in [-0.3, -0.25) is 4.79 Å². The molecular formula is C17H21ClN2O2. The highest BCUT2D eigenvalue weighted by atomic mass is 35.5. The van der Waals surface area contributed by atoms with Crippen LogP contribution in [0.3, 0.4) is 0 Å². The molecule has 1 aromatic rings. The lowest BCUT2D eigenvalue weighted by Crippen LogP contribution is -2.47. The third-order valence-corrected chi connectivity index (χ3v) is 4.83. The molecule has 5 heteroatoms. The molecule has 1 aromatic carbocycles. The average Bonchev–Trinajstić information content (AvgIpc) is 2.92. The Morgan fingerprint density at radius 2 is 1.91 bits per heavy atom.